The zero-order valence-corrected chi connectivity index (χ0v) is 11.0. The van der Waals surface area contributed by atoms with E-state index < -0.39 is 17.2 Å². The van der Waals surface area contributed by atoms with E-state index in [9.17, 15) is 13.9 Å². The summed E-state index contributed by atoms with van der Waals surface area (Å²) in [5.41, 5.74) is 4.83. The third-order valence-corrected chi connectivity index (χ3v) is 3.79. The molecule has 0 amide bonds. The topological polar surface area (TPSA) is 58.3 Å². The molecule has 0 spiro atoms. The Morgan fingerprint density at radius 3 is 2.89 bits per heavy atom. The predicted octanol–water partition coefficient (Wildman–Crippen LogP) is 2.90. The van der Waals surface area contributed by atoms with Crippen molar-refractivity contribution in [3.8, 4) is 0 Å². The van der Waals surface area contributed by atoms with Crippen LogP contribution in [0, 0.1) is 17.6 Å². The third kappa shape index (κ3) is 3.15. The molecule has 19 heavy (non-hydrogen) atoms. The van der Waals surface area contributed by atoms with Gasteiger partial charge in [0.1, 0.15) is 0 Å². The molecule has 2 rings (SSSR count). The first-order valence-electron chi connectivity index (χ1n) is 6.61. The summed E-state index contributed by atoms with van der Waals surface area (Å²) in [5.74, 6) is -1.50. The molecule has 0 bridgehead atoms. The van der Waals surface area contributed by atoms with Gasteiger partial charge in [0, 0.05) is 6.54 Å². The van der Waals surface area contributed by atoms with E-state index in [1.54, 1.807) is 0 Å². The van der Waals surface area contributed by atoms with Crippen LogP contribution in [-0.4, -0.2) is 17.3 Å². The Morgan fingerprint density at radius 2 is 2.21 bits per heavy atom. The van der Waals surface area contributed by atoms with Gasteiger partial charge in [0.05, 0.1) is 17.0 Å². The molecule has 1 saturated carbocycles. The maximum Gasteiger partial charge on any atom is 0.183 e. The second-order valence-corrected chi connectivity index (χ2v) is 5.61. The van der Waals surface area contributed by atoms with Gasteiger partial charge in [-0.1, -0.05) is 19.8 Å². The van der Waals surface area contributed by atoms with Gasteiger partial charge in [-0.25, -0.2) is 8.78 Å². The van der Waals surface area contributed by atoms with Gasteiger partial charge in [-0.2, -0.15) is 0 Å². The molecule has 2 unspecified atom stereocenters. The van der Waals surface area contributed by atoms with Crippen molar-refractivity contribution in [3.05, 3.63) is 23.8 Å². The first-order valence-corrected chi connectivity index (χ1v) is 6.61. The highest BCUT2D eigenvalue weighted by Gasteiger charge is 2.32. The van der Waals surface area contributed by atoms with E-state index in [2.05, 4.69) is 12.2 Å². The van der Waals surface area contributed by atoms with E-state index in [-0.39, 0.29) is 17.9 Å². The highest BCUT2D eigenvalue weighted by atomic mass is 19.2. The van der Waals surface area contributed by atoms with E-state index >= 15 is 0 Å². The molecular weight excluding hydrogens is 250 g/mol. The average Bonchev–Trinajstić information content (AvgIpc) is 2.34. The van der Waals surface area contributed by atoms with E-state index in [4.69, 9.17) is 5.73 Å². The molecule has 3 nitrogen and oxygen atoms in total. The summed E-state index contributed by atoms with van der Waals surface area (Å²) < 4.78 is 26.8. The van der Waals surface area contributed by atoms with Crippen molar-refractivity contribution in [2.45, 2.75) is 38.2 Å². The molecule has 1 aliphatic carbocycles. The van der Waals surface area contributed by atoms with Gasteiger partial charge in [0.2, 0.25) is 0 Å². The van der Waals surface area contributed by atoms with Gasteiger partial charge in [0.15, 0.2) is 11.6 Å². The molecule has 0 heterocycles. The number of nitrogens with one attached hydrogen (secondary N) is 1. The Hall–Kier alpha value is -1.36. The molecule has 1 aliphatic rings. The van der Waals surface area contributed by atoms with Crippen LogP contribution < -0.4 is 11.1 Å². The van der Waals surface area contributed by atoms with E-state index in [0.29, 0.717) is 18.8 Å². The predicted molar refractivity (Wildman–Crippen MR) is 71.8 cm³/mol. The molecule has 0 saturated heterocycles. The van der Waals surface area contributed by atoms with Crippen LogP contribution in [0.3, 0.4) is 0 Å². The second-order valence-electron chi connectivity index (χ2n) is 5.61. The Bertz CT molecular complexity index is 467. The lowest BCUT2D eigenvalue weighted by Crippen LogP contribution is -2.41. The fraction of sp³-hybridized carbons (Fsp3) is 0.571. The SMILES string of the molecule is CC1CCCC(O)(CNc2c(N)ccc(F)c2F)C1. The van der Waals surface area contributed by atoms with Gasteiger partial charge >= 0.3 is 0 Å². The van der Waals surface area contributed by atoms with E-state index in [0.717, 1.165) is 18.9 Å². The second kappa shape index (κ2) is 5.33. The Balaban J connectivity index is 2.08. The third-order valence-electron chi connectivity index (χ3n) is 3.79. The van der Waals surface area contributed by atoms with Gasteiger partial charge in [0.25, 0.3) is 0 Å². The number of halogens is 2. The summed E-state index contributed by atoms with van der Waals surface area (Å²) in [5, 5.41) is 13.2. The first kappa shape index (κ1) is 14.1. The van der Waals surface area contributed by atoms with E-state index in [1.165, 1.54) is 6.07 Å². The number of anilines is 2. The molecule has 106 valence electrons. The molecule has 1 aromatic carbocycles. The highest BCUT2D eigenvalue weighted by molar-refractivity contribution is 5.66. The maximum absolute atomic E-state index is 13.6. The monoisotopic (exact) mass is 270 g/mol. The lowest BCUT2D eigenvalue weighted by atomic mass is 9.79. The van der Waals surface area contributed by atoms with E-state index in [1.807, 2.05) is 0 Å². The normalized spacial score (nSPS) is 27.3. The van der Waals surface area contributed by atoms with Crippen molar-refractivity contribution in [1.29, 1.82) is 0 Å². The minimum atomic E-state index is -0.993. The Morgan fingerprint density at radius 1 is 1.47 bits per heavy atom. The first-order chi connectivity index (χ1) is 8.91. The van der Waals surface area contributed by atoms with Crippen LogP contribution in [0.15, 0.2) is 12.1 Å². The van der Waals surface area contributed by atoms with Crippen molar-refractivity contribution in [1.82, 2.24) is 0 Å². The van der Waals surface area contributed by atoms with Crippen molar-refractivity contribution < 1.29 is 13.9 Å². The summed E-state index contributed by atoms with van der Waals surface area (Å²) in [6.07, 6.45) is 3.37. The molecule has 5 heteroatoms. The minimum absolute atomic E-state index is 0.0633. The number of nitrogen functional groups attached to an aromatic ring is 1. The number of hydrogen-bond acceptors (Lipinski definition) is 3. The number of rotatable bonds is 3. The molecule has 0 radical (unpaired) electrons. The fourth-order valence-electron chi connectivity index (χ4n) is 2.79. The largest absolute Gasteiger partial charge is 0.397 e. The summed E-state index contributed by atoms with van der Waals surface area (Å²) in [7, 11) is 0. The average molecular weight is 270 g/mol. The van der Waals surface area contributed by atoms with Gasteiger partial charge in [-0.3, -0.25) is 0 Å². The molecule has 2 atom stereocenters. The quantitative estimate of drug-likeness (QED) is 0.740. The molecule has 0 aliphatic heterocycles. The standard InChI is InChI=1S/C14H20F2N2O/c1-9-3-2-6-14(19,7-9)8-18-13-11(17)5-4-10(15)12(13)16/h4-5,9,18-19H,2-3,6-8,17H2,1H3. The van der Waals surface area contributed by atoms with Crippen LogP contribution in [-0.2, 0) is 0 Å². The highest BCUT2D eigenvalue weighted by Crippen LogP contribution is 2.33. The zero-order chi connectivity index (χ0) is 14.0. The van der Waals surface area contributed by atoms with Crippen molar-refractivity contribution in [2.75, 3.05) is 17.6 Å². The van der Waals surface area contributed by atoms with Crippen molar-refractivity contribution >= 4 is 11.4 Å². The lowest BCUT2D eigenvalue weighted by molar-refractivity contribution is -0.000799. The number of nitrogens with two attached hydrogens (primary N) is 1. The smallest absolute Gasteiger partial charge is 0.183 e. The molecule has 1 fully saturated rings. The number of benzene rings is 1. The van der Waals surface area contributed by atoms with Crippen LogP contribution >= 0.6 is 0 Å². The van der Waals surface area contributed by atoms with Crippen LogP contribution in [0.25, 0.3) is 0 Å². The number of aliphatic hydroxyl groups is 1. The zero-order valence-electron chi connectivity index (χ0n) is 11.0. The molecule has 0 aromatic heterocycles. The van der Waals surface area contributed by atoms with Crippen LogP contribution in [0.5, 0.6) is 0 Å². The maximum atomic E-state index is 13.6. The van der Waals surface area contributed by atoms with Gasteiger partial charge in [-0.05, 0) is 30.9 Å². The molecule has 1 aromatic rings. The molecular formula is C14H20F2N2O. The minimum Gasteiger partial charge on any atom is -0.397 e. The van der Waals surface area contributed by atoms with Crippen molar-refractivity contribution in [3.63, 3.8) is 0 Å². The number of hydrogen-bond donors (Lipinski definition) is 3. The molecule has 4 N–H and O–H groups in total. The summed E-state index contributed by atoms with van der Waals surface area (Å²) in [4.78, 5) is 0. The van der Waals surface area contributed by atoms with Gasteiger partial charge in [-0.15, -0.1) is 0 Å². The summed E-state index contributed by atoms with van der Waals surface area (Å²) >= 11 is 0. The Kier molecular flexibility index (Phi) is 3.94. The van der Waals surface area contributed by atoms with Crippen LogP contribution in [0.2, 0.25) is 0 Å². The van der Waals surface area contributed by atoms with Gasteiger partial charge < -0.3 is 16.2 Å². The fourth-order valence-corrected chi connectivity index (χ4v) is 2.79. The van der Waals surface area contributed by atoms with Crippen LogP contribution in [0.4, 0.5) is 20.2 Å². The lowest BCUT2D eigenvalue weighted by Gasteiger charge is -2.36. The van der Waals surface area contributed by atoms with Crippen LogP contribution in [0.1, 0.15) is 32.6 Å². The Labute approximate surface area is 111 Å². The van der Waals surface area contributed by atoms with Crippen molar-refractivity contribution in [2.24, 2.45) is 5.92 Å². The summed E-state index contributed by atoms with van der Waals surface area (Å²) in [6, 6.07) is 2.31. The summed E-state index contributed by atoms with van der Waals surface area (Å²) in [6.45, 7) is 2.27.